The Morgan fingerprint density at radius 1 is 0.896 bits per heavy atom. The number of amides is 2. The number of ketones is 1. The molecule has 48 heavy (non-hydrogen) atoms. The standard InChI is InChI=1S/C36H33ClFN7O3/c37-28-11-2-1-7-23(28)25-9-6-12-29(32(25)38)42-35(48)26-10-5-8-24(26)31(46)20-45-30-14-13-21(17-27(30)33(43-45)34(39)47)22-18-40-36(41-19-22)44-15-3-4-16-44/h1-2,6-7,9,11-14,17-19,24,26H,3-5,8,10,15-16,20H2,(H2,39,47)(H,42,48)/t24?,26-/m1/s1. The molecule has 0 bridgehead atoms. The third-order valence-corrected chi connectivity index (χ3v) is 9.67. The number of carbonyl (C=O) groups is 3. The Morgan fingerprint density at radius 3 is 2.38 bits per heavy atom. The van der Waals surface area contributed by atoms with Crippen LogP contribution in [-0.2, 0) is 16.1 Å². The molecule has 2 aliphatic rings. The average Bonchev–Trinajstić information content (AvgIpc) is 3.87. The fourth-order valence-corrected chi connectivity index (χ4v) is 7.12. The lowest BCUT2D eigenvalue weighted by molar-refractivity contribution is -0.130. The zero-order valence-electron chi connectivity index (χ0n) is 26.0. The highest BCUT2D eigenvalue weighted by atomic mass is 35.5. The van der Waals surface area contributed by atoms with Gasteiger partial charge in [-0.2, -0.15) is 5.10 Å². The van der Waals surface area contributed by atoms with E-state index in [0.29, 0.717) is 46.7 Å². The van der Waals surface area contributed by atoms with Crippen molar-refractivity contribution in [2.75, 3.05) is 23.3 Å². The number of rotatable bonds is 9. The number of benzene rings is 3. The summed E-state index contributed by atoms with van der Waals surface area (Å²) >= 11 is 6.30. The molecule has 2 aromatic heterocycles. The van der Waals surface area contributed by atoms with Crippen LogP contribution in [0.3, 0.4) is 0 Å². The zero-order chi connectivity index (χ0) is 33.4. The summed E-state index contributed by atoms with van der Waals surface area (Å²) in [6.07, 6.45) is 7.43. The van der Waals surface area contributed by atoms with E-state index in [1.807, 2.05) is 6.07 Å². The van der Waals surface area contributed by atoms with E-state index >= 15 is 4.39 Å². The van der Waals surface area contributed by atoms with Crippen LogP contribution in [-0.4, -0.2) is 50.4 Å². The van der Waals surface area contributed by atoms with Crippen LogP contribution in [0.4, 0.5) is 16.0 Å². The predicted molar refractivity (Wildman–Crippen MR) is 182 cm³/mol. The molecule has 2 atom stereocenters. The van der Waals surface area contributed by atoms with Crippen LogP contribution in [0.5, 0.6) is 0 Å². The number of nitrogens with zero attached hydrogens (tertiary/aromatic N) is 5. The van der Waals surface area contributed by atoms with Gasteiger partial charge < -0.3 is 16.0 Å². The minimum atomic E-state index is -0.719. The molecular formula is C36H33ClFN7O3. The molecule has 0 radical (unpaired) electrons. The van der Waals surface area contributed by atoms with Crippen LogP contribution >= 0.6 is 11.6 Å². The van der Waals surface area contributed by atoms with E-state index in [-0.39, 0.29) is 29.3 Å². The van der Waals surface area contributed by atoms with E-state index in [2.05, 4.69) is 25.3 Å². The number of nitrogens with one attached hydrogen (secondary N) is 1. The molecular weight excluding hydrogens is 633 g/mol. The number of hydrogen-bond acceptors (Lipinski definition) is 7. The second-order valence-corrected chi connectivity index (χ2v) is 12.7. The molecule has 1 aliphatic carbocycles. The van der Waals surface area contributed by atoms with Crippen LogP contribution in [0.2, 0.25) is 5.02 Å². The Bertz CT molecular complexity index is 2040. The van der Waals surface area contributed by atoms with Crippen LogP contribution in [0.1, 0.15) is 42.6 Å². The first-order chi connectivity index (χ1) is 23.3. The molecule has 3 aromatic carbocycles. The molecule has 244 valence electrons. The van der Waals surface area contributed by atoms with Crippen LogP contribution in [0.15, 0.2) is 73.1 Å². The molecule has 3 heterocycles. The summed E-state index contributed by atoms with van der Waals surface area (Å²) in [5.41, 5.74) is 8.67. The molecule has 3 N–H and O–H groups in total. The normalized spacial score (nSPS) is 17.6. The summed E-state index contributed by atoms with van der Waals surface area (Å²) in [5, 5.41) is 8.03. The second kappa shape index (κ2) is 13.2. The summed E-state index contributed by atoms with van der Waals surface area (Å²) in [5.74, 6) is -2.50. The highest BCUT2D eigenvalue weighted by Gasteiger charge is 2.38. The molecule has 7 rings (SSSR count). The van der Waals surface area contributed by atoms with Crippen molar-refractivity contribution in [3.05, 3.63) is 89.6 Å². The van der Waals surface area contributed by atoms with E-state index in [9.17, 15) is 14.4 Å². The number of hydrogen-bond donors (Lipinski definition) is 2. The Balaban J connectivity index is 1.09. The number of anilines is 2. The second-order valence-electron chi connectivity index (χ2n) is 12.3. The number of nitrogens with two attached hydrogens (primary N) is 1. The van der Waals surface area contributed by atoms with Crippen molar-refractivity contribution in [3.63, 3.8) is 0 Å². The topological polar surface area (TPSA) is 136 Å². The van der Waals surface area contributed by atoms with Crippen molar-refractivity contribution in [3.8, 4) is 22.3 Å². The van der Waals surface area contributed by atoms with Crippen molar-refractivity contribution in [1.82, 2.24) is 19.7 Å². The summed E-state index contributed by atoms with van der Waals surface area (Å²) in [6, 6.07) is 17.1. The van der Waals surface area contributed by atoms with Gasteiger partial charge in [0.2, 0.25) is 11.9 Å². The van der Waals surface area contributed by atoms with Gasteiger partial charge in [0.25, 0.3) is 5.91 Å². The summed E-state index contributed by atoms with van der Waals surface area (Å²) in [6.45, 7) is 1.73. The fourth-order valence-electron chi connectivity index (χ4n) is 6.88. The van der Waals surface area contributed by atoms with Gasteiger partial charge in [-0.05, 0) is 55.5 Å². The molecule has 10 nitrogen and oxygen atoms in total. The van der Waals surface area contributed by atoms with E-state index in [4.69, 9.17) is 17.3 Å². The highest BCUT2D eigenvalue weighted by Crippen LogP contribution is 2.37. The van der Waals surface area contributed by atoms with Gasteiger partial charge >= 0.3 is 0 Å². The van der Waals surface area contributed by atoms with Crippen LogP contribution < -0.4 is 16.0 Å². The molecule has 2 amide bonds. The summed E-state index contributed by atoms with van der Waals surface area (Å²) < 4.78 is 17.0. The SMILES string of the molecule is NC(=O)c1nn(CC(=O)C2CCC[C@H]2C(=O)Nc2cccc(-c3ccccc3Cl)c2F)c2ccc(-c3cnc(N4CCCC4)nc3)cc12. The average molecular weight is 666 g/mol. The fraction of sp³-hybridized carbons (Fsp3) is 0.278. The maximum atomic E-state index is 15.6. The van der Waals surface area contributed by atoms with Crippen molar-refractivity contribution >= 4 is 51.7 Å². The van der Waals surface area contributed by atoms with Crippen molar-refractivity contribution in [2.24, 2.45) is 17.6 Å². The van der Waals surface area contributed by atoms with E-state index < -0.39 is 29.5 Å². The summed E-state index contributed by atoms with van der Waals surface area (Å²) in [4.78, 5) is 50.8. The van der Waals surface area contributed by atoms with Gasteiger partial charge in [-0.3, -0.25) is 19.1 Å². The molecule has 12 heteroatoms. The Kier molecular flexibility index (Phi) is 8.62. The maximum Gasteiger partial charge on any atom is 0.269 e. The molecule has 5 aromatic rings. The number of aromatic nitrogens is 4. The Morgan fingerprint density at radius 2 is 1.62 bits per heavy atom. The van der Waals surface area contributed by atoms with Gasteiger partial charge in [-0.15, -0.1) is 0 Å². The van der Waals surface area contributed by atoms with Crippen molar-refractivity contribution in [2.45, 2.75) is 38.6 Å². The molecule has 1 saturated heterocycles. The molecule has 1 saturated carbocycles. The third kappa shape index (κ3) is 6.01. The number of Topliss-reactive ketones (excluding diaryl/α,β-unsaturated/α-hetero) is 1. The minimum absolute atomic E-state index is 0.0200. The monoisotopic (exact) mass is 665 g/mol. The van der Waals surface area contributed by atoms with Crippen molar-refractivity contribution in [1.29, 1.82) is 0 Å². The van der Waals surface area contributed by atoms with Gasteiger partial charge in [0.1, 0.15) is 6.54 Å². The molecule has 0 spiro atoms. The van der Waals surface area contributed by atoms with Gasteiger partial charge in [-0.25, -0.2) is 14.4 Å². The zero-order valence-corrected chi connectivity index (χ0v) is 26.8. The third-order valence-electron chi connectivity index (χ3n) is 9.34. The van der Waals surface area contributed by atoms with Gasteiger partial charge in [0, 0.05) is 64.4 Å². The Hall–Kier alpha value is -5.16. The highest BCUT2D eigenvalue weighted by molar-refractivity contribution is 6.33. The lowest BCUT2D eigenvalue weighted by atomic mass is 9.91. The molecule has 1 aliphatic heterocycles. The van der Waals surface area contributed by atoms with Gasteiger partial charge in [0.15, 0.2) is 17.3 Å². The minimum Gasteiger partial charge on any atom is -0.364 e. The quantitative estimate of drug-likeness (QED) is 0.189. The molecule has 2 fully saturated rings. The lowest BCUT2D eigenvalue weighted by Crippen LogP contribution is -2.32. The lowest BCUT2D eigenvalue weighted by Gasteiger charge is -2.19. The van der Waals surface area contributed by atoms with Gasteiger partial charge in [-0.1, -0.05) is 54.4 Å². The van der Waals surface area contributed by atoms with E-state index in [0.717, 1.165) is 37.1 Å². The maximum absolute atomic E-state index is 15.6. The number of carbonyl (C=O) groups excluding carboxylic acids is 3. The van der Waals surface area contributed by atoms with Gasteiger partial charge in [0.05, 0.1) is 11.2 Å². The van der Waals surface area contributed by atoms with E-state index in [1.165, 1.54) is 10.7 Å². The number of halogens is 2. The summed E-state index contributed by atoms with van der Waals surface area (Å²) in [7, 11) is 0. The Labute approximate surface area is 281 Å². The largest absolute Gasteiger partial charge is 0.364 e. The molecule has 1 unspecified atom stereocenters. The first-order valence-corrected chi connectivity index (χ1v) is 16.4. The van der Waals surface area contributed by atoms with Crippen LogP contribution in [0, 0.1) is 17.7 Å². The number of fused-ring (bicyclic) bond motifs is 1. The predicted octanol–water partition coefficient (Wildman–Crippen LogP) is 6.28. The number of primary amides is 1. The first-order valence-electron chi connectivity index (χ1n) is 16.0. The van der Waals surface area contributed by atoms with E-state index in [1.54, 1.807) is 60.9 Å². The van der Waals surface area contributed by atoms with Crippen LogP contribution in [0.25, 0.3) is 33.2 Å². The first kappa shape index (κ1) is 31.4. The smallest absolute Gasteiger partial charge is 0.269 e. The van der Waals surface area contributed by atoms with Crippen molar-refractivity contribution < 1.29 is 18.8 Å².